The van der Waals surface area contributed by atoms with Crippen LogP contribution in [0.1, 0.15) is 37.2 Å². The number of carbonyl (C=O) groups excluding carboxylic acids is 1. The molecule has 1 fully saturated rings. The zero-order valence-corrected chi connectivity index (χ0v) is 12.8. The minimum absolute atomic E-state index is 0.0317. The first-order valence-electron chi connectivity index (χ1n) is 7.46. The molecule has 1 amide bonds. The Bertz CT molecular complexity index is 657. The van der Waals surface area contributed by atoms with Crippen LogP contribution < -0.4 is 0 Å². The maximum Gasteiger partial charge on any atom is 0.223 e. The first kappa shape index (κ1) is 13.9. The number of rotatable bonds is 3. The Hall–Kier alpha value is -2.10. The van der Waals surface area contributed by atoms with Gasteiger partial charge in [-0.15, -0.1) is 0 Å². The molecule has 3 rings (SSSR count). The highest BCUT2D eigenvalue weighted by atomic mass is 16.2. The van der Waals surface area contributed by atoms with Crippen molar-refractivity contribution in [2.24, 2.45) is 7.05 Å². The van der Waals surface area contributed by atoms with Gasteiger partial charge < -0.3 is 9.47 Å². The second-order valence-electron chi connectivity index (χ2n) is 5.83. The number of hydrogen-bond acceptors (Lipinski definition) is 2. The Balaban J connectivity index is 1.90. The van der Waals surface area contributed by atoms with Crippen LogP contribution in [0.4, 0.5) is 0 Å². The van der Waals surface area contributed by atoms with Gasteiger partial charge in [-0.3, -0.25) is 4.79 Å². The van der Waals surface area contributed by atoms with E-state index in [4.69, 9.17) is 4.98 Å². The van der Waals surface area contributed by atoms with Crippen LogP contribution in [0.2, 0.25) is 0 Å². The molecular formula is C17H21N3O. The van der Waals surface area contributed by atoms with Crippen molar-refractivity contribution in [1.29, 1.82) is 0 Å². The number of benzene rings is 1. The first-order valence-corrected chi connectivity index (χ1v) is 7.46. The molecule has 1 atom stereocenters. The highest BCUT2D eigenvalue weighted by molar-refractivity contribution is 5.78. The van der Waals surface area contributed by atoms with Crippen LogP contribution in [0.25, 0.3) is 11.3 Å². The van der Waals surface area contributed by atoms with Gasteiger partial charge in [-0.1, -0.05) is 29.8 Å². The predicted octanol–water partition coefficient (Wildman–Crippen LogP) is 3.08. The summed E-state index contributed by atoms with van der Waals surface area (Å²) in [6.45, 7) is 4.98. The van der Waals surface area contributed by atoms with Gasteiger partial charge in [-0.05, 0) is 20.3 Å². The minimum atomic E-state index is 0.0317. The average molecular weight is 283 g/mol. The van der Waals surface area contributed by atoms with E-state index in [9.17, 15) is 4.79 Å². The number of nitrogens with zero attached hydrogens (tertiary/aromatic N) is 3. The van der Waals surface area contributed by atoms with Gasteiger partial charge in [0.15, 0.2) is 0 Å². The molecule has 110 valence electrons. The van der Waals surface area contributed by atoms with Crippen molar-refractivity contribution < 1.29 is 4.79 Å². The van der Waals surface area contributed by atoms with E-state index in [-0.39, 0.29) is 11.9 Å². The normalized spacial score (nSPS) is 16.5. The van der Waals surface area contributed by atoms with Gasteiger partial charge in [0, 0.05) is 31.8 Å². The fourth-order valence-electron chi connectivity index (χ4n) is 2.95. The van der Waals surface area contributed by atoms with Gasteiger partial charge in [0.05, 0.1) is 11.7 Å². The topological polar surface area (TPSA) is 38.1 Å². The summed E-state index contributed by atoms with van der Waals surface area (Å²) in [5.41, 5.74) is 3.32. The van der Waals surface area contributed by atoms with Crippen molar-refractivity contribution in [1.82, 2.24) is 14.5 Å². The number of aryl methyl sites for hydroxylation is 2. The third-order valence-corrected chi connectivity index (χ3v) is 4.21. The third-order valence-electron chi connectivity index (χ3n) is 4.21. The Morgan fingerprint density at radius 1 is 1.24 bits per heavy atom. The molecule has 4 heteroatoms. The summed E-state index contributed by atoms with van der Waals surface area (Å²) in [4.78, 5) is 18.6. The smallest absolute Gasteiger partial charge is 0.223 e. The van der Waals surface area contributed by atoms with Crippen molar-refractivity contribution in [2.75, 3.05) is 6.54 Å². The molecule has 0 saturated carbocycles. The summed E-state index contributed by atoms with van der Waals surface area (Å²) in [6, 6.07) is 8.40. The van der Waals surface area contributed by atoms with E-state index in [0.29, 0.717) is 6.42 Å². The van der Waals surface area contributed by atoms with Crippen LogP contribution >= 0.6 is 0 Å². The van der Waals surface area contributed by atoms with Crippen molar-refractivity contribution in [3.05, 3.63) is 41.9 Å². The maximum absolute atomic E-state index is 11.9. The molecule has 0 N–H and O–H groups in total. The van der Waals surface area contributed by atoms with Crippen molar-refractivity contribution in [3.8, 4) is 11.3 Å². The Kier molecular flexibility index (Phi) is 3.53. The quantitative estimate of drug-likeness (QED) is 0.868. The molecule has 4 nitrogen and oxygen atoms in total. The van der Waals surface area contributed by atoms with Crippen molar-refractivity contribution >= 4 is 5.91 Å². The summed E-state index contributed by atoms with van der Waals surface area (Å²) in [5, 5.41) is 0. The second-order valence-corrected chi connectivity index (χ2v) is 5.83. The van der Waals surface area contributed by atoms with Gasteiger partial charge in [0.2, 0.25) is 5.91 Å². The summed E-state index contributed by atoms with van der Waals surface area (Å²) in [6.07, 6.45) is 3.66. The fraction of sp³-hybridized carbons (Fsp3) is 0.412. The van der Waals surface area contributed by atoms with Crippen LogP contribution in [-0.2, 0) is 11.8 Å². The summed E-state index contributed by atoms with van der Waals surface area (Å²) in [7, 11) is 2.00. The SMILES string of the molecule is Cc1ccc(-c2cn(C)c([C@@H](C)N3CCCC3=O)n2)cc1. The van der Waals surface area contributed by atoms with Crippen LogP contribution in [-0.4, -0.2) is 26.9 Å². The van der Waals surface area contributed by atoms with E-state index in [1.807, 2.05) is 22.7 Å². The zero-order valence-electron chi connectivity index (χ0n) is 12.8. The first-order chi connectivity index (χ1) is 10.1. The van der Waals surface area contributed by atoms with Gasteiger partial charge >= 0.3 is 0 Å². The minimum Gasteiger partial charge on any atom is -0.336 e. The van der Waals surface area contributed by atoms with Gasteiger partial charge in [0.1, 0.15) is 5.82 Å². The lowest BCUT2D eigenvalue weighted by Gasteiger charge is -2.23. The van der Waals surface area contributed by atoms with Crippen LogP contribution in [0.5, 0.6) is 0 Å². The zero-order chi connectivity index (χ0) is 15.0. The van der Waals surface area contributed by atoms with Crippen LogP contribution in [0.3, 0.4) is 0 Å². The Labute approximate surface area is 125 Å². The molecular weight excluding hydrogens is 262 g/mol. The lowest BCUT2D eigenvalue weighted by Crippen LogP contribution is -2.29. The van der Waals surface area contributed by atoms with Crippen LogP contribution in [0, 0.1) is 6.92 Å². The van der Waals surface area contributed by atoms with Gasteiger partial charge in [-0.2, -0.15) is 0 Å². The number of imidazole rings is 1. The molecule has 1 aromatic carbocycles. The summed E-state index contributed by atoms with van der Waals surface area (Å²) >= 11 is 0. The van der Waals surface area contributed by atoms with Gasteiger partial charge in [-0.25, -0.2) is 4.98 Å². The number of likely N-dealkylation sites (tertiary alicyclic amines) is 1. The van der Waals surface area contributed by atoms with Crippen molar-refractivity contribution in [2.45, 2.75) is 32.7 Å². The molecule has 0 aliphatic carbocycles. The van der Waals surface area contributed by atoms with Crippen LogP contribution in [0.15, 0.2) is 30.5 Å². The van der Waals surface area contributed by atoms with E-state index in [2.05, 4.69) is 38.1 Å². The highest BCUT2D eigenvalue weighted by Gasteiger charge is 2.28. The molecule has 1 aliphatic heterocycles. The predicted molar refractivity (Wildman–Crippen MR) is 82.7 cm³/mol. The molecule has 21 heavy (non-hydrogen) atoms. The lowest BCUT2D eigenvalue weighted by atomic mass is 10.1. The summed E-state index contributed by atoms with van der Waals surface area (Å²) in [5.74, 6) is 1.18. The van der Waals surface area contributed by atoms with E-state index >= 15 is 0 Å². The Morgan fingerprint density at radius 3 is 2.57 bits per heavy atom. The largest absolute Gasteiger partial charge is 0.336 e. The molecule has 0 spiro atoms. The monoisotopic (exact) mass is 283 g/mol. The van der Waals surface area contributed by atoms with Crippen molar-refractivity contribution in [3.63, 3.8) is 0 Å². The average Bonchev–Trinajstić information content (AvgIpc) is 3.05. The van der Waals surface area contributed by atoms with E-state index in [1.54, 1.807) is 0 Å². The number of aromatic nitrogens is 2. The Morgan fingerprint density at radius 2 is 1.95 bits per heavy atom. The molecule has 1 aliphatic rings. The molecule has 0 radical (unpaired) electrons. The van der Waals surface area contributed by atoms with Gasteiger partial charge in [0.25, 0.3) is 0 Å². The molecule has 1 saturated heterocycles. The molecule has 0 bridgehead atoms. The molecule has 1 aromatic heterocycles. The van der Waals surface area contributed by atoms with E-state index < -0.39 is 0 Å². The molecule has 2 aromatic rings. The maximum atomic E-state index is 11.9. The number of amides is 1. The number of carbonyl (C=O) groups is 1. The molecule has 0 unspecified atom stereocenters. The molecule has 2 heterocycles. The van der Waals surface area contributed by atoms with E-state index in [1.165, 1.54) is 5.56 Å². The summed E-state index contributed by atoms with van der Waals surface area (Å²) < 4.78 is 2.03. The second kappa shape index (κ2) is 5.35. The lowest BCUT2D eigenvalue weighted by molar-refractivity contribution is -0.129. The fourth-order valence-corrected chi connectivity index (χ4v) is 2.95. The highest BCUT2D eigenvalue weighted by Crippen LogP contribution is 2.27. The van der Waals surface area contributed by atoms with E-state index in [0.717, 1.165) is 30.0 Å². The third kappa shape index (κ3) is 2.58. The number of hydrogen-bond donors (Lipinski definition) is 0. The standard InChI is InChI=1S/C17H21N3O/c1-12-6-8-14(9-7-12)15-11-19(3)17(18-15)13(2)20-10-4-5-16(20)21/h6-9,11,13H,4-5,10H2,1-3H3/t13-/m1/s1.